The van der Waals surface area contributed by atoms with Gasteiger partial charge in [0.05, 0.1) is 17.9 Å². The van der Waals surface area contributed by atoms with E-state index in [0.29, 0.717) is 16.9 Å². The zero-order valence-corrected chi connectivity index (χ0v) is 16.6. The minimum atomic E-state index is -0.473. The molecule has 0 radical (unpaired) electrons. The molecule has 2 aromatic rings. The predicted octanol–water partition coefficient (Wildman–Crippen LogP) is 3.09. The van der Waals surface area contributed by atoms with Crippen LogP contribution in [0.25, 0.3) is 0 Å². The van der Waals surface area contributed by atoms with E-state index in [-0.39, 0.29) is 31.2 Å². The van der Waals surface area contributed by atoms with Crippen molar-refractivity contribution in [1.82, 2.24) is 10.3 Å². The van der Waals surface area contributed by atoms with Crippen molar-refractivity contribution in [2.75, 3.05) is 18.5 Å². The normalized spacial score (nSPS) is 10.2. The van der Waals surface area contributed by atoms with Gasteiger partial charge in [0.2, 0.25) is 5.91 Å². The summed E-state index contributed by atoms with van der Waals surface area (Å²) in [7, 11) is 0. The fourth-order valence-electron chi connectivity index (χ4n) is 2.25. The maximum atomic E-state index is 12.2. The van der Waals surface area contributed by atoms with Crippen molar-refractivity contribution in [3.05, 3.63) is 57.8 Å². The third kappa shape index (κ3) is 6.18. The molecule has 1 aromatic heterocycles. The summed E-state index contributed by atoms with van der Waals surface area (Å²) in [6.07, 6.45) is 0.127. The molecule has 0 spiro atoms. The number of aryl methyl sites for hydroxylation is 1. The lowest BCUT2D eigenvalue weighted by Crippen LogP contribution is -2.28. The highest BCUT2D eigenvalue weighted by molar-refractivity contribution is 9.10. The van der Waals surface area contributed by atoms with E-state index in [1.54, 1.807) is 26.0 Å². The number of carbonyl (C=O) groups excluding carboxylic acids is 3. The summed E-state index contributed by atoms with van der Waals surface area (Å²) in [6, 6.07) is 10.2. The van der Waals surface area contributed by atoms with E-state index >= 15 is 0 Å². The van der Waals surface area contributed by atoms with Crippen LogP contribution in [0.4, 0.5) is 5.69 Å². The number of rotatable bonds is 7. The lowest BCUT2D eigenvalue weighted by atomic mass is 10.2. The molecule has 1 heterocycles. The molecule has 0 unspecified atom stereocenters. The molecule has 27 heavy (non-hydrogen) atoms. The molecule has 142 valence electrons. The molecular formula is C19H20BrN3O4. The molecule has 0 aliphatic rings. The summed E-state index contributed by atoms with van der Waals surface area (Å²) in [5.74, 6) is -1.09. The Balaban J connectivity index is 1.84. The summed E-state index contributed by atoms with van der Waals surface area (Å²) in [4.78, 5) is 39.9. The number of nitrogens with zero attached hydrogens (tertiary/aromatic N) is 1. The van der Waals surface area contributed by atoms with Crippen molar-refractivity contribution in [2.45, 2.75) is 20.3 Å². The molecule has 1 aromatic carbocycles. The number of esters is 1. The number of hydrogen-bond acceptors (Lipinski definition) is 5. The number of nitrogens with one attached hydrogen (secondary N) is 2. The third-order valence-corrected chi connectivity index (χ3v) is 4.11. The summed E-state index contributed by atoms with van der Waals surface area (Å²) in [5, 5.41) is 5.39. The van der Waals surface area contributed by atoms with Crippen LogP contribution < -0.4 is 10.6 Å². The molecule has 2 amide bonds. The van der Waals surface area contributed by atoms with E-state index in [1.165, 1.54) is 12.1 Å². The van der Waals surface area contributed by atoms with Crippen molar-refractivity contribution >= 4 is 39.4 Å². The summed E-state index contributed by atoms with van der Waals surface area (Å²) < 4.78 is 5.85. The maximum Gasteiger partial charge on any atom is 0.339 e. The summed E-state index contributed by atoms with van der Waals surface area (Å²) in [6.45, 7) is 3.79. The number of pyridine rings is 1. The van der Waals surface area contributed by atoms with Gasteiger partial charge < -0.3 is 15.4 Å². The smallest absolute Gasteiger partial charge is 0.339 e. The fourth-order valence-corrected chi connectivity index (χ4v) is 2.51. The van der Waals surface area contributed by atoms with E-state index in [1.807, 2.05) is 12.1 Å². The quantitative estimate of drug-likeness (QED) is 0.653. The van der Waals surface area contributed by atoms with Crippen LogP contribution >= 0.6 is 15.9 Å². The van der Waals surface area contributed by atoms with Crippen LogP contribution in [0.3, 0.4) is 0 Å². The lowest BCUT2D eigenvalue weighted by Gasteiger charge is -2.08. The Morgan fingerprint density at radius 2 is 1.81 bits per heavy atom. The van der Waals surface area contributed by atoms with Gasteiger partial charge in [0, 0.05) is 23.1 Å². The lowest BCUT2D eigenvalue weighted by molar-refractivity contribution is -0.116. The van der Waals surface area contributed by atoms with E-state index in [4.69, 9.17) is 4.74 Å². The van der Waals surface area contributed by atoms with E-state index in [9.17, 15) is 14.4 Å². The first-order valence-corrected chi connectivity index (χ1v) is 9.18. The third-order valence-electron chi connectivity index (χ3n) is 3.58. The monoisotopic (exact) mass is 433 g/mol. The van der Waals surface area contributed by atoms with Crippen LogP contribution in [-0.4, -0.2) is 35.9 Å². The Bertz CT molecular complexity index is 837. The van der Waals surface area contributed by atoms with E-state index in [2.05, 4.69) is 31.5 Å². The molecular weight excluding hydrogens is 414 g/mol. The highest BCUT2D eigenvalue weighted by Crippen LogP contribution is 2.14. The number of amides is 2. The SMILES string of the molecule is CCOC(=O)c1ccc(C(=O)NCCC(=O)Nc2ccc(Br)cc2)nc1C. The number of halogens is 1. The first-order chi connectivity index (χ1) is 12.9. The number of anilines is 1. The highest BCUT2D eigenvalue weighted by atomic mass is 79.9. The van der Waals surface area contributed by atoms with Gasteiger partial charge in [-0.05, 0) is 50.2 Å². The van der Waals surface area contributed by atoms with Crippen LogP contribution in [0, 0.1) is 6.92 Å². The Hall–Kier alpha value is -2.74. The fraction of sp³-hybridized carbons (Fsp3) is 0.263. The zero-order valence-electron chi connectivity index (χ0n) is 15.0. The van der Waals surface area contributed by atoms with Crippen LogP contribution in [0.1, 0.15) is 39.9 Å². The van der Waals surface area contributed by atoms with Crippen molar-refractivity contribution in [3.8, 4) is 0 Å². The van der Waals surface area contributed by atoms with Crippen molar-refractivity contribution in [3.63, 3.8) is 0 Å². The van der Waals surface area contributed by atoms with Crippen molar-refractivity contribution in [1.29, 1.82) is 0 Å². The maximum absolute atomic E-state index is 12.2. The van der Waals surface area contributed by atoms with Crippen LogP contribution in [0.15, 0.2) is 40.9 Å². The first-order valence-electron chi connectivity index (χ1n) is 8.39. The summed E-state index contributed by atoms with van der Waals surface area (Å²) >= 11 is 3.32. The standard InChI is InChI=1S/C19H20BrN3O4/c1-3-27-19(26)15-8-9-16(22-12(15)2)18(25)21-11-10-17(24)23-14-6-4-13(20)5-7-14/h4-9H,3,10-11H2,1-2H3,(H,21,25)(H,23,24). The van der Waals surface area contributed by atoms with Crippen molar-refractivity contribution in [2.24, 2.45) is 0 Å². The van der Waals surface area contributed by atoms with Gasteiger partial charge in [0.25, 0.3) is 5.91 Å². The minimum Gasteiger partial charge on any atom is -0.462 e. The van der Waals surface area contributed by atoms with Gasteiger partial charge in [-0.25, -0.2) is 9.78 Å². The van der Waals surface area contributed by atoms with Gasteiger partial charge in [0.1, 0.15) is 5.69 Å². The van der Waals surface area contributed by atoms with E-state index in [0.717, 1.165) is 4.47 Å². The van der Waals surface area contributed by atoms with Gasteiger partial charge in [-0.15, -0.1) is 0 Å². The molecule has 7 nitrogen and oxygen atoms in total. The second kappa shape index (κ2) is 9.82. The second-order valence-electron chi connectivity index (χ2n) is 5.61. The first kappa shape index (κ1) is 20.6. The van der Waals surface area contributed by atoms with Gasteiger partial charge >= 0.3 is 5.97 Å². The molecule has 0 bridgehead atoms. The average molecular weight is 434 g/mol. The van der Waals surface area contributed by atoms with Crippen LogP contribution in [0.5, 0.6) is 0 Å². The van der Waals surface area contributed by atoms with Crippen LogP contribution in [0.2, 0.25) is 0 Å². The predicted molar refractivity (Wildman–Crippen MR) is 105 cm³/mol. The van der Waals surface area contributed by atoms with Gasteiger partial charge in [-0.2, -0.15) is 0 Å². The highest BCUT2D eigenvalue weighted by Gasteiger charge is 2.15. The Labute approximate surface area is 165 Å². The summed E-state index contributed by atoms with van der Waals surface area (Å²) in [5.41, 5.74) is 1.59. The molecule has 8 heteroatoms. The Kier molecular flexibility index (Phi) is 7.48. The molecule has 0 saturated carbocycles. The van der Waals surface area contributed by atoms with Gasteiger partial charge in [-0.3, -0.25) is 9.59 Å². The molecule has 2 rings (SSSR count). The number of ether oxygens (including phenoxy) is 1. The number of aromatic nitrogens is 1. The topological polar surface area (TPSA) is 97.4 Å². The Morgan fingerprint density at radius 1 is 1.11 bits per heavy atom. The average Bonchev–Trinajstić information content (AvgIpc) is 2.63. The van der Waals surface area contributed by atoms with E-state index < -0.39 is 11.9 Å². The number of hydrogen-bond donors (Lipinski definition) is 2. The minimum absolute atomic E-state index is 0.127. The zero-order chi connectivity index (χ0) is 19.8. The van der Waals surface area contributed by atoms with Crippen molar-refractivity contribution < 1.29 is 19.1 Å². The molecule has 0 atom stereocenters. The second-order valence-corrected chi connectivity index (χ2v) is 6.53. The number of benzene rings is 1. The van der Waals surface area contributed by atoms with Gasteiger partial charge in [0.15, 0.2) is 0 Å². The molecule has 0 aliphatic heterocycles. The molecule has 2 N–H and O–H groups in total. The Morgan fingerprint density at radius 3 is 2.44 bits per heavy atom. The van der Waals surface area contributed by atoms with Gasteiger partial charge in [-0.1, -0.05) is 15.9 Å². The molecule has 0 fully saturated rings. The molecule has 0 aliphatic carbocycles. The number of carbonyl (C=O) groups is 3. The van der Waals surface area contributed by atoms with Crippen LogP contribution in [-0.2, 0) is 9.53 Å². The largest absolute Gasteiger partial charge is 0.462 e. The molecule has 0 saturated heterocycles.